The highest BCUT2D eigenvalue weighted by Crippen LogP contribution is 2.24. The lowest BCUT2D eigenvalue weighted by Gasteiger charge is -2.10. The molecule has 4 heteroatoms. The van der Waals surface area contributed by atoms with Gasteiger partial charge in [0.1, 0.15) is 11.6 Å². The van der Waals surface area contributed by atoms with E-state index >= 15 is 0 Å². The van der Waals surface area contributed by atoms with Crippen LogP contribution in [0.25, 0.3) is 17.1 Å². The van der Waals surface area contributed by atoms with Crippen LogP contribution in [0.5, 0.6) is 5.75 Å². The highest BCUT2D eigenvalue weighted by atomic mass is 79.9. The van der Waals surface area contributed by atoms with Gasteiger partial charge in [-0.15, -0.1) is 0 Å². The summed E-state index contributed by atoms with van der Waals surface area (Å²) in [6.45, 7) is 3.03. The molecular weight excluding hydrogens is 388 g/mol. The van der Waals surface area contributed by atoms with E-state index in [9.17, 15) is 0 Å². The summed E-state index contributed by atoms with van der Waals surface area (Å²) >= 11 is 3.48. The van der Waals surface area contributed by atoms with E-state index in [4.69, 9.17) is 4.74 Å². The van der Waals surface area contributed by atoms with Gasteiger partial charge >= 0.3 is 0 Å². The second kappa shape index (κ2) is 9.58. The normalized spacial score (nSPS) is 10.8. The van der Waals surface area contributed by atoms with Crippen molar-refractivity contribution in [1.29, 1.82) is 0 Å². The minimum Gasteiger partial charge on any atom is -0.494 e. The van der Waals surface area contributed by atoms with Crippen molar-refractivity contribution in [2.75, 3.05) is 6.61 Å². The number of rotatable bonds is 9. The van der Waals surface area contributed by atoms with Gasteiger partial charge in [-0.2, -0.15) is 0 Å². The maximum Gasteiger partial charge on any atom is 0.144 e. The molecule has 26 heavy (non-hydrogen) atoms. The number of benzene rings is 2. The van der Waals surface area contributed by atoms with Crippen molar-refractivity contribution in [2.24, 2.45) is 0 Å². The van der Waals surface area contributed by atoms with Crippen LogP contribution < -0.4 is 4.74 Å². The Labute approximate surface area is 164 Å². The van der Waals surface area contributed by atoms with Crippen LogP contribution >= 0.6 is 15.9 Å². The number of halogens is 1. The Hall–Kier alpha value is -2.07. The quantitative estimate of drug-likeness (QED) is 0.367. The average Bonchev–Trinajstić information content (AvgIpc) is 3.15. The molecule has 136 valence electrons. The minimum absolute atomic E-state index is 0.790. The van der Waals surface area contributed by atoms with Gasteiger partial charge in [0.15, 0.2) is 0 Å². The van der Waals surface area contributed by atoms with Gasteiger partial charge in [0, 0.05) is 28.1 Å². The summed E-state index contributed by atoms with van der Waals surface area (Å²) in [5.41, 5.74) is 2.17. The molecule has 0 aliphatic rings. The first-order valence-corrected chi connectivity index (χ1v) is 10.1. The number of unbranched alkanes of at least 4 members (excludes halogenated alkanes) is 4. The third kappa shape index (κ3) is 4.98. The largest absolute Gasteiger partial charge is 0.494 e. The van der Waals surface area contributed by atoms with Crippen LogP contribution in [0.1, 0.15) is 39.0 Å². The molecule has 0 bridgehead atoms. The molecular formula is C22H25BrN2O. The highest BCUT2D eigenvalue weighted by Gasteiger charge is 2.08. The van der Waals surface area contributed by atoms with Crippen LogP contribution in [0.4, 0.5) is 0 Å². The van der Waals surface area contributed by atoms with E-state index in [2.05, 4.69) is 56.7 Å². The van der Waals surface area contributed by atoms with E-state index in [1.54, 1.807) is 0 Å². The Morgan fingerprint density at radius 1 is 0.923 bits per heavy atom. The number of ether oxygens (including phenoxy) is 1. The zero-order valence-electron chi connectivity index (χ0n) is 15.2. The molecule has 0 unspecified atom stereocenters. The first-order chi connectivity index (χ1) is 12.8. The van der Waals surface area contributed by atoms with Gasteiger partial charge < -0.3 is 4.74 Å². The third-order valence-corrected chi connectivity index (χ3v) is 4.90. The second-order valence-electron chi connectivity index (χ2n) is 6.38. The molecule has 0 saturated heterocycles. The summed E-state index contributed by atoms with van der Waals surface area (Å²) in [5.74, 6) is 1.86. The summed E-state index contributed by atoms with van der Waals surface area (Å²) in [6, 6.07) is 16.4. The first kappa shape index (κ1) is 18.7. The van der Waals surface area contributed by atoms with Crippen LogP contribution in [0.3, 0.4) is 0 Å². The smallest absolute Gasteiger partial charge is 0.144 e. The molecule has 0 radical (unpaired) electrons. The number of imidazole rings is 1. The van der Waals surface area contributed by atoms with Crippen molar-refractivity contribution in [2.45, 2.75) is 39.0 Å². The first-order valence-electron chi connectivity index (χ1n) is 9.30. The molecule has 3 aromatic rings. The topological polar surface area (TPSA) is 27.1 Å². The summed E-state index contributed by atoms with van der Waals surface area (Å²) in [6.07, 6.45) is 10.1. The van der Waals surface area contributed by atoms with E-state index < -0.39 is 0 Å². The second-order valence-corrected chi connectivity index (χ2v) is 7.30. The van der Waals surface area contributed by atoms with Crippen molar-refractivity contribution in [3.05, 3.63) is 65.4 Å². The van der Waals surface area contributed by atoms with Crippen LogP contribution in [0.15, 0.2) is 65.4 Å². The van der Waals surface area contributed by atoms with Crippen molar-refractivity contribution in [3.63, 3.8) is 0 Å². The van der Waals surface area contributed by atoms with Crippen molar-refractivity contribution in [1.82, 2.24) is 9.55 Å². The van der Waals surface area contributed by atoms with Crippen molar-refractivity contribution < 1.29 is 4.74 Å². The number of hydrogen-bond donors (Lipinski definition) is 0. The van der Waals surface area contributed by atoms with Crippen molar-refractivity contribution >= 4 is 15.9 Å². The molecule has 1 heterocycles. The van der Waals surface area contributed by atoms with Crippen LogP contribution in [0.2, 0.25) is 0 Å². The molecule has 3 nitrogen and oxygen atoms in total. The standard InChI is InChI=1S/C22H25BrN2O/c1-2-3-4-5-6-17-26-21-13-11-20(12-14-21)25-16-15-24-22(25)18-7-9-19(23)10-8-18/h7-16H,2-6,17H2,1H3. The monoisotopic (exact) mass is 412 g/mol. The minimum atomic E-state index is 0.790. The zero-order valence-corrected chi connectivity index (χ0v) is 16.8. The molecule has 2 aromatic carbocycles. The van der Waals surface area contributed by atoms with Crippen molar-refractivity contribution in [3.8, 4) is 22.8 Å². The number of hydrogen-bond acceptors (Lipinski definition) is 2. The fraction of sp³-hybridized carbons (Fsp3) is 0.318. The van der Waals surface area contributed by atoms with Gasteiger partial charge in [-0.05, 0) is 42.8 Å². The molecule has 0 aliphatic heterocycles. The van der Waals surface area contributed by atoms with E-state index in [0.29, 0.717) is 0 Å². The maximum atomic E-state index is 5.86. The SMILES string of the molecule is CCCCCCCOc1ccc(-n2ccnc2-c2ccc(Br)cc2)cc1. The molecule has 3 rings (SSSR count). The van der Waals surface area contributed by atoms with Gasteiger partial charge in [0.2, 0.25) is 0 Å². The predicted molar refractivity (Wildman–Crippen MR) is 111 cm³/mol. The van der Waals surface area contributed by atoms with Gasteiger partial charge in [-0.3, -0.25) is 4.57 Å². The highest BCUT2D eigenvalue weighted by molar-refractivity contribution is 9.10. The summed E-state index contributed by atoms with van der Waals surface area (Å²) in [5, 5.41) is 0. The Balaban J connectivity index is 1.63. The molecule has 0 N–H and O–H groups in total. The van der Waals surface area contributed by atoms with Crippen LogP contribution in [-0.4, -0.2) is 16.2 Å². The molecule has 1 aromatic heterocycles. The van der Waals surface area contributed by atoms with Crippen LogP contribution in [0, 0.1) is 0 Å². The summed E-state index contributed by atoms with van der Waals surface area (Å²) < 4.78 is 9.02. The lowest BCUT2D eigenvalue weighted by Crippen LogP contribution is -1.99. The molecule has 0 atom stereocenters. The summed E-state index contributed by atoms with van der Waals surface area (Å²) in [4.78, 5) is 4.52. The summed E-state index contributed by atoms with van der Waals surface area (Å²) in [7, 11) is 0. The van der Waals surface area contributed by atoms with Gasteiger partial charge in [0.05, 0.1) is 6.61 Å². The molecule has 0 amide bonds. The van der Waals surface area contributed by atoms with E-state index in [0.717, 1.165) is 40.3 Å². The number of aromatic nitrogens is 2. The molecule has 0 spiro atoms. The Kier molecular flexibility index (Phi) is 6.89. The van der Waals surface area contributed by atoms with Gasteiger partial charge in [-0.1, -0.05) is 60.7 Å². The maximum absolute atomic E-state index is 5.86. The molecule has 0 aliphatic carbocycles. The zero-order chi connectivity index (χ0) is 18.2. The van der Waals surface area contributed by atoms with Crippen LogP contribution in [-0.2, 0) is 0 Å². The Morgan fingerprint density at radius 2 is 1.65 bits per heavy atom. The Bertz CT molecular complexity index is 794. The molecule has 0 fully saturated rings. The molecule has 0 saturated carbocycles. The van der Waals surface area contributed by atoms with E-state index in [1.165, 1.54) is 25.7 Å². The fourth-order valence-electron chi connectivity index (χ4n) is 2.92. The Morgan fingerprint density at radius 3 is 2.38 bits per heavy atom. The van der Waals surface area contributed by atoms with E-state index in [1.807, 2.05) is 36.7 Å². The lowest BCUT2D eigenvalue weighted by molar-refractivity contribution is 0.304. The average molecular weight is 413 g/mol. The predicted octanol–water partition coefficient (Wildman–Crippen LogP) is 6.65. The van der Waals surface area contributed by atoms with Gasteiger partial charge in [-0.25, -0.2) is 4.98 Å². The fourth-order valence-corrected chi connectivity index (χ4v) is 3.19. The third-order valence-electron chi connectivity index (χ3n) is 4.37. The number of nitrogens with zero attached hydrogens (tertiary/aromatic N) is 2. The van der Waals surface area contributed by atoms with E-state index in [-0.39, 0.29) is 0 Å². The lowest BCUT2D eigenvalue weighted by atomic mass is 10.2. The van der Waals surface area contributed by atoms with Gasteiger partial charge in [0.25, 0.3) is 0 Å².